The minimum absolute atomic E-state index is 0.0132. The molecule has 1 amide bonds. The van der Waals surface area contributed by atoms with Crippen LogP contribution in [-0.4, -0.2) is 17.7 Å². The van der Waals surface area contributed by atoms with Crippen molar-refractivity contribution >= 4 is 11.7 Å². The normalized spacial score (nSPS) is 37.7. The van der Waals surface area contributed by atoms with Crippen LogP contribution in [0.2, 0.25) is 0 Å². The van der Waals surface area contributed by atoms with Crippen LogP contribution in [0.3, 0.4) is 0 Å². The average molecular weight is 398 g/mol. The minimum atomic E-state index is -0.171. The lowest BCUT2D eigenvalue weighted by Gasteiger charge is -2.52. The van der Waals surface area contributed by atoms with E-state index in [1.807, 2.05) is 6.08 Å². The van der Waals surface area contributed by atoms with Crippen LogP contribution in [0.5, 0.6) is 0 Å². The molecule has 160 valence electrons. The van der Waals surface area contributed by atoms with Gasteiger partial charge in [0.15, 0.2) is 5.78 Å². The first-order valence-electron chi connectivity index (χ1n) is 11.5. The Kier molecular flexibility index (Phi) is 6.27. The number of rotatable bonds is 5. The summed E-state index contributed by atoms with van der Waals surface area (Å²) >= 11 is 0. The van der Waals surface area contributed by atoms with E-state index in [-0.39, 0.29) is 35.0 Å². The molecule has 3 aliphatic rings. The predicted octanol–water partition coefficient (Wildman–Crippen LogP) is 5.63. The van der Waals surface area contributed by atoms with Gasteiger partial charge in [-0.05, 0) is 69.3 Å². The Morgan fingerprint density at radius 1 is 1.34 bits per heavy atom. The number of nitrogens with one attached hydrogen (secondary N) is 1. The van der Waals surface area contributed by atoms with Crippen LogP contribution in [0.15, 0.2) is 34.9 Å². The van der Waals surface area contributed by atoms with Gasteiger partial charge < -0.3 is 5.32 Å². The van der Waals surface area contributed by atoms with E-state index in [9.17, 15) is 9.59 Å². The molecule has 0 radical (unpaired) electrons. The van der Waals surface area contributed by atoms with Gasteiger partial charge in [-0.1, -0.05) is 57.4 Å². The number of hydrogen-bond donors (Lipinski definition) is 1. The zero-order valence-corrected chi connectivity index (χ0v) is 19.3. The van der Waals surface area contributed by atoms with Gasteiger partial charge >= 0.3 is 0 Å². The van der Waals surface area contributed by atoms with Crippen molar-refractivity contribution < 1.29 is 9.59 Å². The number of ketones is 1. The van der Waals surface area contributed by atoms with Crippen LogP contribution in [0.25, 0.3) is 0 Å². The summed E-state index contributed by atoms with van der Waals surface area (Å²) in [5.41, 5.74) is 2.99. The maximum Gasteiger partial charge on any atom is 0.255 e. The Morgan fingerprint density at radius 2 is 2.03 bits per heavy atom. The first kappa shape index (κ1) is 22.1. The van der Waals surface area contributed by atoms with Gasteiger partial charge in [0, 0.05) is 17.9 Å². The number of fused-ring (bicyclic) bond motifs is 1. The molecule has 1 N–H and O–H groups in total. The molecular formula is C26H39NO2. The third-order valence-electron chi connectivity index (χ3n) is 7.61. The van der Waals surface area contributed by atoms with Crippen LogP contribution < -0.4 is 5.32 Å². The molecule has 0 saturated heterocycles. The van der Waals surface area contributed by atoms with Crippen molar-refractivity contribution in [2.75, 3.05) is 0 Å². The molecule has 2 aliphatic carbocycles. The second-order valence-electron chi connectivity index (χ2n) is 10.6. The summed E-state index contributed by atoms with van der Waals surface area (Å²) in [6.45, 7) is 15.3. The fraction of sp³-hybridized carbons (Fsp3) is 0.692. The number of hydrogen-bond acceptors (Lipinski definition) is 2. The molecule has 3 heteroatoms. The van der Waals surface area contributed by atoms with Gasteiger partial charge in [0.1, 0.15) is 0 Å². The zero-order valence-electron chi connectivity index (χ0n) is 19.3. The predicted molar refractivity (Wildman–Crippen MR) is 119 cm³/mol. The second kappa shape index (κ2) is 8.24. The molecule has 0 aromatic carbocycles. The Labute approximate surface area is 177 Å². The Morgan fingerprint density at radius 3 is 2.66 bits per heavy atom. The molecule has 29 heavy (non-hydrogen) atoms. The Bertz CT molecular complexity index is 772. The SMILES string of the molecule is C/C=C(\C)[C@@H]1C(C)=C[C@]2(C)C[C@H](C)CC[C@H]2[C@@H]1C(=O)C1=C[C@H](CC(C)C)NC1=O. The van der Waals surface area contributed by atoms with Crippen molar-refractivity contribution in [1.82, 2.24) is 5.32 Å². The molecule has 1 aliphatic heterocycles. The minimum Gasteiger partial charge on any atom is -0.346 e. The number of carbonyl (C=O) groups excluding carboxylic acids is 2. The van der Waals surface area contributed by atoms with Gasteiger partial charge in [0.2, 0.25) is 0 Å². The lowest BCUT2D eigenvalue weighted by atomic mass is 9.52. The summed E-state index contributed by atoms with van der Waals surface area (Å²) in [7, 11) is 0. The quantitative estimate of drug-likeness (QED) is 0.483. The zero-order chi connectivity index (χ0) is 21.5. The fourth-order valence-electron chi connectivity index (χ4n) is 6.41. The number of carbonyl (C=O) groups is 2. The van der Waals surface area contributed by atoms with E-state index in [1.165, 1.54) is 17.6 Å². The maximum absolute atomic E-state index is 13.9. The highest BCUT2D eigenvalue weighted by molar-refractivity contribution is 6.21. The highest BCUT2D eigenvalue weighted by Crippen LogP contribution is 2.56. The molecule has 0 aromatic heterocycles. The highest BCUT2D eigenvalue weighted by Gasteiger charge is 2.52. The first-order valence-corrected chi connectivity index (χ1v) is 11.5. The molecule has 3 rings (SSSR count). The van der Waals surface area contributed by atoms with E-state index in [1.54, 1.807) is 0 Å². The Balaban J connectivity index is 2.02. The van der Waals surface area contributed by atoms with Gasteiger partial charge in [0.05, 0.1) is 5.57 Å². The van der Waals surface area contributed by atoms with Crippen molar-refractivity contribution in [3.8, 4) is 0 Å². The summed E-state index contributed by atoms with van der Waals surface area (Å²) in [6, 6.07) is -0.0132. The van der Waals surface area contributed by atoms with Gasteiger partial charge in [0.25, 0.3) is 5.91 Å². The smallest absolute Gasteiger partial charge is 0.255 e. The molecule has 1 fully saturated rings. The van der Waals surface area contributed by atoms with E-state index in [2.05, 4.69) is 65.9 Å². The molecule has 1 heterocycles. The van der Waals surface area contributed by atoms with E-state index in [4.69, 9.17) is 0 Å². The monoisotopic (exact) mass is 397 g/mol. The van der Waals surface area contributed by atoms with Crippen LogP contribution in [0.1, 0.15) is 74.1 Å². The van der Waals surface area contributed by atoms with Gasteiger partial charge in [-0.15, -0.1) is 0 Å². The second-order valence-corrected chi connectivity index (χ2v) is 10.6. The summed E-state index contributed by atoms with van der Waals surface area (Å²) in [5.74, 6) is 1.33. The fourth-order valence-corrected chi connectivity index (χ4v) is 6.41. The van der Waals surface area contributed by atoms with Crippen molar-refractivity contribution in [3.63, 3.8) is 0 Å². The van der Waals surface area contributed by atoms with Crippen molar-refractivity contribution in [2.24, 2.45) is 35.0 Å². The molecule has 0 aromatic rings. The summed E-state index contributed by atoms with van der Waals surface area (Å²) in [6.07, 6.45) is 10.8. The highest BCUT2D eigenvalue weighted by atomic mass is 16.2. The number of allylic oxidation sites excluding steroid dienone is 4. The van der Waals surface area contributed by atoms with Gasteiger partial charge in [-0.3, -0.25) is 9.59 Å². The summed E-state index contributed by atoms with van der Waals surface area (Å²) < 4.78 is 0. The third-order valence-corrected chi connectivity index (χ3v) is 7.61. The first-order chi connectivity index (χ1) is 13.6. The molecule has 1 saturated carbocycles. The molecule has 0 unspecified atom stereocenters. The molecule has 0 bridgehead atoms. The third kappa shape index (κ3) is 4.15. The Hall–Kier alpha value is -1.64. The standard InChI is InChI=1S/C26H39NO2/c1-8-17(5)22-18(6)14-26(7)13-16(4)9-10-21(26)23(22)24(28)20-12-19(11-15(2)3)27-25(20)29/h8,12,14-16,19,21-23H,9-11,13H2,1-7H3,(H,27,29)/b17-8+/t16-,19+,21+,22-,23+,26+/m1/s1. The van der Waals surface area contributed by atoms with Crippen molar-refractivity contribution in [2.45, 2.75) is 80.2 Å². The number of Topliss-reactive ketones (excluding diaryl/α,β-unsaturated/α-hetero) is 1. The summed E-state index contributed by atoms with van der Waals surface area (Å²) in [5, 5.41) is 3.03. The van der Waals surface area contributed by atoms with E-state index < -0.39 is 0 Å². The maximum atomic E-state index is 13.9. The number of amides is 1. The lowest BCUT2D eigenvalue weighted by Crippen LogP contribution is -2.48. The van der Waals surface area contributed by atoms with Crippen LogP contribution in [0, 0.1) is 35.0 Å². The molecule has 3 nitrogen and oxygen atoms in total. The van der Waals surface area contributed by atoms with Crippen LogP contribution in [0.4, 0.5) is 0 Å². The largest absolute Gasteiger partial charge is 0.346 e. The summed E-state index contributed by atoms with van der Waals surface area (Å²) in [4.78, 5) is 26.7. The molecular weight excluding hydrogens is 358 g/mol. The van der Waals surface area contributed by atoms with Crippen molar-refractivity contribution in [1.29, 1.82) is 0 Å². The topological polar surface area (TPSA) is 46.2 Å². The van der Waals surface area contributed by atoms with Gasteiger partial charge in [-0.2, -0.15) is 0 Å². The average Bonchev–Trinajstić information content (AvgIpc) is 2.97. The van der Waals surface area contributed by atoms with E-state index >= 15 is 0 Å². The van der Waals surface area contributed by atoms with Crippen LogP contribution >= 0.6 is 0 Å². The lowest BCUT2D eigenvalue weighted by molar-refractivity contribution is -0.128. The van der Waals surface area contributed by atoms with Crippen molar-refractivity contribution in [3.05, 3.63) is 34.9 Å². The van der Waals surface area contributed by atoms with Crippen LogP contribution in [-0.2, 0) is 9.59 Å². The molecule has 6 atom stereocenters. The molecule has 0 spiro atoms. The van der Waals surface area contributed by atoms with Gasteiger partial charge in [-0.25, -0.2) is 0 Å². The van der Waals surface area contributed by atoms with E-state index in [0.717, 1.165) is 19.3 Å². The van der Waals surface area contributed by atoms with E-state index in [0.29, 0.717) is 23.3 Å².